The Labute approximate surface area is 156 Å². The minimum atomic E-state index is -0.886. The zero-order chi connectivity index (χ0) is 19.0. The number of nitrogens with one attached hydrogen (secondary N) is 1. The van der Waals surface area contributed by atoms with E-state index >= 15 is 0 Å². The molecule has 0 radical (unpaired) electrons. The van der Waals surface area contributed by atoms with E-state index in [0.29, 0.717) is 23.7 Å². The summed E-state index contributed by atoms with van der Waals surface area (Å²) in [6.45, 7) is 0.472. The maximum Gasteiger partial charge on any atom is 0.260 e. The number of fused-ring (bicyclic) bond motifs is 1. The average molecular weight is 389 g/mol. The molecule has 2 amide bonds. The molecule has 0 aliphatic carbocycles. The van der Waals surface area contributed by atoms with Gasteiger partial charge in [0.05, 0.1) is 24.1 Å². The molecule has 4 rings (SSSR count). The Hall–Kier alpha value is -3.07. The van der Waals surface area contributed by atoms with Gasteiger partial charge in [0.2, 0.25) is 0 Å². The topological polar surface area (TPSA) is 75.4 Å². The Morgan fingerprint density at radius 1 is 1.22 bits per heavy atom. The second-order valence-electron chi connectivity index (χ2n) is 5.93. The molecule has 2 aromatic heterocycles. The first-order valence-electron chi connectivity index (χ1n) is 8.08. The lowest BCUT2D eigenvalue weighted by Crippen LogP contribution is -2.36. The van der Waals surface area contributed by atoms with Crippen molar-refractivity contribution in [3.63, 3.8) is 0 Å². The van der Waals surface area contributed by atoms with Crippen LogP contribution < -0.4 is 5.32 Å². The van der Waals surface area contributed by atoms with Gasteiger partial charge in [0.1, 0.15) is 23.5 Å². The Bertz CT molecular complexity index is 997. The van der Waals surface area contributed by atoms with Crippen LogP contribution in [0.3, 0.4) is 0 Å². The van der Waals surface area contributed by atoms with Crippen LogP contribution in [0.25, 0.3) is 0 Å². The molecule has 0 bridgehead atoms. The number of carbonyl (C=O) groups excluding carboxylic acids is 2. The number of hydrogen-bond acceptors (Lipinski definition) is 5. The first-order chi connectivity index (χ1) is 13.0. The van der Waals surface area contributed by atoms with E-state index < -0.39 is 23.1 Å². The molecule has 1 aliphatic heterocycles. The predicted octanol–water partition coefficient (Wildman–Crippen LogP) is 3.47. The number of anilines is 1. The number of thiazole rings is 1. The lowest BCUT2D eigenvalue weighted by atomic mass is 10.1. The van der Waals surface area contributed by atoms with Crippen molar-refractivity contribution in [2.45, 2.75) is 13.0 Å². The molecular formula is C18H13F2N3O3S. The molecule has 6 nitrogen and oxygen atoms in total. The number of furan rings is 1. The number of halogens is 2. The summed E-state index contributed by atoms with van der Waals surface area (Å²) in [6.07, 6.45) is 3.16. The van der Waals surface area contributed by atoms with E-state index in [1.54, 1.807) is 0 Å². The molecule has 3 aromatic rings. The summed E-state index contributed by atoms with van der Waals surface area (Å²) < 4.78 is 32.6. The number of nitrogens with zero attached hydrogens (tertiary/aromatic N) is 2. The lowest BCUT2D eigenvalue weighted by Gasteiger charge is -2.26. The van der Waals surface area contributed by atoms with Gasteiger partial charge in [0, 0.05) is 17.8 Å². The van der Waals surface area contributed by atoms with Crippen molar-refractivity contribution in [3.8, 4) is 0 Å². The monoisotopic (exact) mass is 389 g/mol. The van der Waals surface area contributed by atoms with Crippen LogP contribution in [-0.2, 0) is 13.0 Å². The van der Waals surface area contributed by atoms with Gasteiger partial charge in [-0.15, -0.1) is 0 Å². The van der Waals surface area contributed by atoms with Crippen molar-refractivity contribution in [2.24, 2.45) is 0 Å². The largest absolute Gasteiger partial charge is 0.472 e. The highest BCUT2D eigenvalue weighted by atomic mass is 32.1. The molecule has 9 heteroatoms. The molecule has 3 heterocycles. The average Bonchev–Trinajstić information content (AvgIpc) is 3.30. The third kappa shape index (κ3) is 3.33. The van der Waals surface area contributed by atoms with Crippen LogP contribution in [0.15, 0.2) is 41.2 Å². The van der Waals surface area contributed by atoms with Crippen molar-refractivity contribution >= 4 is 28.3 Å². The number of amides is 2. The SMILES string of the molecule is O=C(Nc1nc2c(s1)CN(C(=O)c1c(F)cccc1F)CC2)c1ccoc1. The second kappa shape index (κ2) is 6.92. The minimum absolute atomic E-state index is 0.182. The van der Waals surface area contributed by atoms with E-state index in [2.05, 4.69) is 10.3 Å². The number of hydrogen-bond donors (Lipinski definition) is 1. The molecule has 138 valence electrons. The van der Waals surface area contributed by atoms with Crippen LogP contribution in [0, 0.1) is 11.6 Å². The highest BCUT2D eigenvalue weighted by Crippen LogP contribution is 2.30. The van der Waals surface area contributed by atoms with Gasteiger partial charge < -0.3 is 9.32 Å². The van der Waals surface area contributed by atoms with Gasteiger partial charge in [-0.25, -0.2) is 13.8 Å². The van der Waals surface area contributed by atoms with Gasteiger partial charge in [0.15, 0.2) is 5.13 Å². The summed E-state index contributed by atoms with van der Waals surface area (Å²) in [5.74, 6) is -2.82. The Kier molecular flexibility index (Phi) is 4.44. The summed E-state index contributed by atoms with van der Waals surface area (Å²) in [4.78, 5) is 31.1. The third-order valence-corrected chi connectivity index (χ3v) is 5.20. The standard InChI is InChI=1S/C18H13F2N3O3S/c19-11-2-1-3-12(20)15(11)17(25)23-6-4-13-14(8-23)27-18(21-13)22-16(24)10-5-7-26-9-10/h1-3,5,7,9H,4,6,8H2,(H,21,22,24). The van der Waals surface area contributed by atoms with Crippen molar-refractivity contribution in [2.75, 3.05) is 11.9 Å². The molecule has 0 unspecified atom stereocenters. The van der Waals surface area contributed by atoms with Gasteiger partial charge in [0.25, 0.3) is 11.8 Å². The van der Waals surface area contributed by atoms with E-state index in [0.717, 1.165) is 22.7 Å². The second-order valence-corrected chi connectivity index (χ2v) is 7.01. The van der Waals surface area contributed by atoms with Crippen LogP contribution in [0.2, 0.25) is 0 Å². The van der Waals surface area contributed by atoms with Crippen molar-refractivity contribution < 1.29 is 22.8 Å². The van der Waals surface area contributed by atoms with Crippen LogP contribution >= 0.6 is 11.3 Å². The van der Waals surface area contributed by atoms with Crippen molar-refractivity contribution in [1.29, 1.82) is 0 Å². The predicted molar refractivity (Wildman–Crippen MR) is 93.6 cm³/mol. The molecule has 27 heavy (non-hydrogen) atoms. The molecular weight excluding hydrogens is 376 g/mol. The summed E-state index contributed by atoms with van der Waals surface area (Å²) in [5.41, 5.74) is 0.578. The lowest BCUT2D eigenvalue weighted by molar-refractivity contribution is 0.0726. The highest BCUT2D eigenvalue weighted by Gasteiger charge is 2.28. The maximum atomic E-state index is 13.9. The molecule has 0 saturated heterocycles. The normalized spacial score (nSPS) is 13.3. The fourth-order valence-corrected chi connectivity index (χ4v) is 3.86. The van der Waals surface area contributed by atoms with E-state index in [4.69, 9.17) is 4.42 Å². The third-order valence-electron chi connectivity index (χ3n) is 4.20. The molecule has 0 atom stereocenters. The fraction of sp³-hybridized carbons (Fsp3) is 0.167. The Morgan fingerprint density at radius 2 is 2.00 bits per heavy atom. The Balaban J connectivity index is 1.51. The summed E-state index contributed by atoms with van der Waals surface area (Å²) in [5, 5.41) is 3.08. The highest BCUT2D eigenvalue weighted by molar-refractivity contribution is 7.15. The van der Waals surface area contributed by atoms with Gasteiger partial charge in [-0.1, -0.05) is 17.4 Å². The Morgan fingerprint density at radius 3 is 2.70 bits per heavy atom. The number of benzene rings is 1. The van der Waals surface area contributed by atoms with Gasteiger partial charge in [-0.3, -0.25) is 14.9 Å². The zero-order valence-electron chi connectivity index (χ0n) is 13.9. The number of carbonyl (C=O) groups is 2. The molecule has 0 spiro atoms. The maximum absolute atomic E-state index is 13.9. The van der Waals surface area contributed by atoms with Crippen LogP contribution in [-0.4, -0.2) is 28.2 Å². The molecule has 0 saturated carbocycles. The quantitative estimate of drug-likeness (QED) is 0.744. The van der Waals surface area contributed by atoms with Gasteiger partial charge in [-0.2, -0.15) is 0 Å². The zero-order valence-corrected chi connectivity index (χ0v) is 14.7. The van der Waals surface area contributed by atoms with Crippen LogP contribution in [0.1, 0.15) is 31.3 Å². The summed E-state index contributed by atoms with van der Waals surface area (Å²) in [7, 11) is 0. The van der Waals surface area contributed by atoms with Crippen molar-refractivity contribution in [3.05, 3.63) is 70.1 Å². The van der Waals surface area contributed by atoms with Gasteiger partial charge in [-0.05, 0) is 18.2 Å². The van der Waals surface area contributed by atoms with E-state index in [9.17, 15) is 18.4 Å². The number of aromatic nitrogens is 1. The van der Waals surface area contributed by atoms with Crippen molar-refractivity contribution in [1.82, 2.24) is 9.88 Å². The minimum Gasteiger partial charge on any atom is -0.472 e. The number of rotatable bonds is 3. The first kappa shape index (κ1) is 17.3. The first-order valence-corrected chi connectivity index (χ1v) is 8.90. The molecule has 1 aromatic carbocycles. The van der Waals surface area contributed by atoms with E-state index in [-0.39, 0.29) is 12.5 Å². The molecule has 0 fully saturated rings. The molecule has 1 aliphatic rings. The van der Waals surface area contributed by atoms with Gasteiger partial charge >= 0.3 is 0 Å². The fourth-order valence-electron chi connectivity index (χ4n) is 2.85. The molecule has 1 N–H and O–H groups in total. The summed E-state index contributed by atoms with van der Waals surface area (Å²) >= 11 is 1.23. The smallest absolute Gasteiger partial charge is 0.260 e. The van der Waals surface area contributed by atoms with E-state index in [1.165, 1.54) is 40.9 Å². The van der Waals surface area contributed by atoms with E-state index in [1.807, 2.05) is 0 Å². The summed E-state index contributed by atoms with van der Waals surface area (Å²) in [6, 6.07) is 4.86. The van der Waals surface area contributed by atoms with Crippen LogP contribution in [0.5, 0.6) is 0 Å². The van der Waals surface area contributed by atoms with Crippen LogP contribution in [0.4, 0.5) is 13.9 Å².